The van der Waals surface area contributed by atoms with Gasteiger partial charge in [-0.1, -0.05) is 37.3 Å². The molecule has 2 saturated carbocycles. The first-order valence-corrected chi connectivity index (χ1v) is 12.5. The van der Waals surface area contributed by atoms with Crippen molar-refractivity contribution in [2.75, 3.05) is 26.2 Å². The second-order valence-corrected chi connectivity index (χ2v) is 9.62. The van der Waals surface area contributed by atoms with E-state index in [2.05, 4.69) is 29.7 Å². The first-order chi connectivity index (χ1) is 15.6. The van der Waals surface area contributed by atoms with Gasteiger partial charge in [0.25, 0.3) is 0 Å². The Bertz CT molecular complexity index is 630. The fraction of sp³-hybridized carbons (Fsp3) is 0.731. The summed E-state index contributed by atoms with van der Waals surface area (Å²) in [5, 5.41) is 15.5. The summed E-state index contributed by atoms with van der Waals surface area (Å²) in [7, 11) is 0. The molecular formula is C26H42N2O4. The van der Waals surface area contributed by atoms with Crippen molar-refractivity contribution in [1.29, 1.82) is 0 Å². The standard InChI is InChI=1S/C11H14O2.C10H19NO.C5H9NO/c12-10-6-11(7-10)13-8-9-4-2-1-3-5-9;1-8-6-10(7-8)12-9-2-4-11-5-3-9;7-5-1-3-6-4-2-5/h1-5,10-12H,6-8H2;8-11H,2-7H2,1H3;6H,1-4H2. The third-order valence-electron chi connectivity index (χ3n) is 6.56. The summed E-state index contributed by atoms with van der Waals surface area (Å²) in [6.45, 7) is 7.04. The number of hydrogen-bond acceptors (Lipinski definition) is 6. The number of aliphatic hydroxyl groups excluding tert-OH is 1. The molecule has 32 heavy (non-hydrogen) atoms. The van der Waals surface area contributed by atoms with Crippen molar-refractivity contribution in [1.82, 2.24) is 10.6 Å². The molecule has 4 fully saturated rings. The van der Waals surface area contributed by atoms with Crippen LogP contribution in [0.15, 0.2) is 30.3 Å². The van der Waals surface area contributed by atoms with Crippen LogP contribution in [0.4, 0.5) is 0 Å². The van der Waals surface area contributed by atoms with E-state index in [1.165, 1.54) is 31.2 Å². The Hall–Kier alpha value is -1.31. The monoisotopic (exact) mass is 446 g/mol. The molecule has 0 unspecified atom stereocenters. The van der Waals surface area contributed by atoms with Crippen LogP contribution in [0.2, 0.25) is 0 Å². The van der Waals surface area contributed by atoms with E-state index in [0.717, 1.165) is 57.8 Å². The van der Waals surface area contributed by atoms with Gasteiger partial charge in [-0.05, 0) is 63.1 Å². The van der Waals surface area contributed by atoms with Crippen molar-refractivity contribution in [2.24, 2.45) is 5.92 Å². The van der Waals surface area contributed by atoms with Gasteiger partial charge >= 0.3 is 0 Å². The van der Waals surface area contributed by atoms with Crippen molar-refractivity contribution in [3.63, 3.8) is 0 Å². The zero-order chi connectivity index (χ0) is 22.6. The SMILES string of the molecule is CC1CC(OC2CCNCC2)C1.O=C1CCNCC1.OC1CC(OCc2ccccc2)C1. The number of hydrogen-bond donors (Lipinski definition) is 3. The zero-order valence-corrected chi connectivity index (χ0v) is 19.6. The van der Waals surface area contributed by atoms with Crippen LogP contribution >= 0.6 is 0 Å². The van der Waals surface area contributed by atoms with Gasteiger partial charge in [0.15, 0.2) is 0 Å². The van der Waals surface area contributed by atoms with Crippen molar-refractivity contribution >= 4 is 5.78 Å². The van der Waals surface area contributed by atoms with E-state index in [0.29, 0.717) is 24.6 Å². The van der Waals surface area contributed by atoms with Gasteiger partial charge in [-0.2, -0.15) is 0 Å². The minimum absolute atomic E-state index is 0.124. The highest BCUT2D eigenvalue weighted by molar-refractivity contribution is 5.79. The molecule has 0 bridgehead atoms. The molecule has 0 spiro atoms. The molecule has 2 saturated heterocycles. The van der Waals surface area contributed by atoms with Gasteiger partial charge in [-0.25, -0.2) is 0 Å². The van der Waals surface area contributed by atoms with E-state index in [1.54, 1.807) is 0 Å². The molecule has 6 nitrogen and oxygen atoms in total. The average molecular weight is 447 g/mol. The van der Waals surface area contributed by atoms with Crippen molar-refractivity contribution in [2.45, 2.75) is 89.3 Å². The number of benzene rings is 1. The molecular weight excluding hydrogens is 404 g/mol. The lowest BCUT2D eigenvalue weighted by atomic mass is 9.84. The first-order valence-electron chi connectivity index (χ1n) is 12.5. The highest BCUT2D eigenvalue weighted by Crippen LogP contribution is 2.31. The highest BCUT2D eigenvalue weighted by atomic mass is 16.5. The van der Waals surface area contributed by atoms with Crippen LogP contribution in [0.25, 0.3) is 0 Å². The van der Waals surface area contributed by atoms with E-state index >= 15 is 0 Å². The van der Waals surface area contributed by atoms with E-state index < -0.39 is 0 Å². The lowest BCUT2D eigenvalue weighted by Crippen LogP contribution is -2.38. The smallest absolute Gasteiger partial charge is 0.135 e. The van der Waals surface area contributed by atoms with Gasteiger partial charge in [0.1, 0.15) is 5.78 Å². The molecule has 0 atom stereocenters. The summed E-state index contributed by atoms with van der Waals surface area (Å²) in [5.74, 6) is 1.32. The van der Waals surface area contributed by atoms with Gasteiger partial charge in [0.05, 0.1) is 31.0 Å². The largest absolute Gasteiger partial charge is 0.393 e. The molecule has 180 valence electrons. The van der Waals surface area contributed by atoms with Crippen LogP contribution in [0.1, 0.15) is 63.9 Å². The lowest BCUT2D eigenvalue weighted by molar-refractivity contribution is -0.119. The fourth-order valence-electron chi connectivity index (χ4n) is 4.31. The van der Waals surface area contributed by atoms with Crippen molar-refractivity contribution in [3.8, 4) is 0 Å². The summed E-state index contributed by atoms with van der Waals surface area (Å²) < 4.78 is 11.5. The Morgan fingerprint density at radius 2 is 1.50 bits per heavy atom. The van der Waals surface area contributed by atoms with Crippen LogP contribution in [0, 0.1) is 5.92 Å². The van der Waals surface area contributed by atoms with Gasteiger partial charge < -0.3 is 25.2 Å². The molecule has 0 aromatic heterocycles. The maximum atomic E-state index is 10.4. The fourth-order valence-corrected chi connectivity index (χ4v) is 4.31. The van der Waals surface area contributed by atoms with Crippen LogP contribution in [-0.2, 0) is 20.9 Å². The molecule has 2 aliphatic heterocycles. The Balaban J connectivity index is 0.000000142. The maximum absolute atomic E-state index is 10.4. The normalized spacial score (nSPS) is 30.0. The van der Waals surface area contributed by atoms with Crippen molar-refractivity contribution < 1.29 is 19.4 Å². The van der Waals surface area contributed by atoms with Crippen LogP contribution in [0.5, 0.6) is 0 Å². The minimum Gasteiger partial charge on any atom is -0.393 e. The number of piperidine rings is 2. The molecule has 5 rings (SSSR count). The third kappa shape index (κ3) is 9.67. The van der Waals surface area contributed by atoms with E-state index in [4.69, 9.17) is 14.6 Å². The Morgan fingerprint density at radius 1 is 0.875 bits per heavy atom. The number of nitrogens with one attached hydrogen (secondary N) is 2. The Labute approximate surface area is 193 Å². The van der Waals surface area contributed by atoms with Crippen LogP contribution in [0.3, 0.4) is 0 Å². The number of carbonyl (C=O) groups is 1. The van der Waals surface area contributed by atoms with Crippen LogP contribution < -0.4 is 10.6 Å². The van der Waals surface area contributed by atoms with Crippen LogP contribution in [-0.4, -0.2) is 61.5 Å². The number of ether oxygens (including phenoxy) is 2. The quantitative estimate of drug-likeness (QED) is 0.645. The molecule has 3 N–H and O–H groups in total. The van der Waals surface area contributed by atoms with E-state index in [1.807, 2.05) is 18.2 Å². The number of carbonyl (C=O) groups excluding carboxylic acids is 1. The maximum Gasteiger partial charge on any atom is 0.135 e. The molecule has 0 radical (unpaired) electrons. The van der Waals surface area contributed by atoms with Gasteiger partial charge in [-0.15, -0.1) is 0 Å². The molecule has 1 aromatic carbocycles. The first kappa shape index (κ1) is 25.3. The van der Waals surface area contributed by atoms with Crippen molar-refractivity contribution in [3.05, 3.63) is 35.9 Å². The summed E-state index contributed by atoms with van der Waals surface area (Å²) in [6.07, 6.45) is 9.39. The number of aliphatic hydroxyl groups is 1. The van der Waals surface area contributed by atoms with E-state index in [-0.39, 0.29) is 12.2 Å². The zero-order valence-electron chi connectivity index (χ0n) is 19.6. The highest BCUT2D eigenvalue weighted by Gasteiger charge is 2.29. The predicted molar refractivity (Wildman–Crippen MR) is 127 cm³/mol. The predicted octanol–water partition coefficient (Wildman–Crippen LogP) is 3.22. The molecule has 0 amide bonds. The van der Waals surface area contributed by atoms with Gasteiger partial charge in [0.2, 0.25) is 0 Å². The second-order valence-electron chi connectivity index (χ2n) is 9.62. The average Bonchev–Trinajstić information content (AvgIpc) is 2.78. The number of ketones is 1. The molecule has 6 heteroatoms. The van der Waals surface area contributed by atoms with Gasteiger partial charge in [0, 0.05) is 25.9 Å². The second kappa shape index (κ2) is 14.1. The summed E-state index contributed by atoms with van der Waals surface area (Å²) in [4.78, 5) is 10.4. The molecule has 4 aliphatic rings. The summed E-state index contributed by atoms with van der Waals surface area (Å²) in [5.41, 5.74) is 1.20. The molecule has 2 heterocycles. The molecule has 1 aromatic rings. The number of rotatable bonds is 5. The molecule has 2 aliphatic carbocycles. The summed E-state index contributed by atoms with van der Waals surface area (Å²) in [6, 6.07) is 10.1. The number of Topliss-reactive ketones (excluding diaryl/α,β-unsaturated/α-hetero) is 1. The summed E-state index contributed by atoms with van der Waals surface area (Å²) >= 11 is 0. The lowest BCUT2D eigenvalue weighted by Gasteiger charge is -2.36. The Morgan fingerprint density at radius 3 is 2.03 bits per heavy atom. The Kier molecular flexibility index (Phi) is 11.1. The third-order valence-corrected chi connectivity index (χ3v) is 6.56. The van der Waals surface area contributed by atoms with E-state index in [9.17, 15) is 4.79 Å². The van der Waals surface area contributed by atoms with Gasteiger partial charge in [-0.3, -0.25) is 4.79 Å². The minimum atomic E-state index is -0.124. The topological polar surface area (TPSA) is 79.8 Å².